The topological polar surface area (TPSA) is 90.1 Å². The van der Waals surface area contributed by atoms with Crippen molar-refractivity contribution >= 4 is 23.8 Å². The monoisotopic (exact) mass is 818 g/mol. The third kappa shape index (κ3) is 9.17. The van der Waals surface area contributed by atoms with Crippen LogP contribution in [0.1, 0.15) is 46.9 Å². The molecule has 0 saturated heterocycles. The van der Waals surface area contributed by atoms with E-state index in [0.717, 1.165) is 24.2 Å². The van der Waals surface area contributed by atoms with Gasteiger partial charge in [0.2, 0.25) is 0 Å². The summed E-state index contributed by atoms with van der Waals surface area (Å²) in [6.07, 6.45) is 3.70. The van der Waals surface area contributed by atoms with Crippen LogP contribution < -0.4 is 19.5 Å². The Morgan fingerprint density at radius 2 is 0.774 bits per heavy atom. The van der Waals surface area contributed by atoms with Gasteiger partial charge in [0.15, 0.2) is 0 Å². The van der Waals surface area contributed by atoms with E-state index in [1.54, 1.807) is 6.07 Å². The van der Waals surface area contributed by atoms with Gasteiger partial charge in [-0.15, -0.1) is 0 Å². The fourth-order valence-corrected chi connectivity index (χ4v) is 8.71. The molecule has 0 spiro atoms. The molecule has 2 atom stereocenters. The van der Waals surface area contributed by atoms with E-state index in [4.69, 9.17) is 19.7 Å². The van der Waals surface area contributed by atoms with E-state index in [-0.39, 0.29) is 38.1 Å². The molecular formula is C54H50N4O4. The van der Waals surface area contributed by atoms with E-state index in [9.17, 15) is 10.2 Å². The van der Waals surface area contributed by atoms with Gasteiger partial charge in [0.25, 0.3) is 0 Å². The first-order chi connectivity index (χ1) is 30.6. The minimum absolute atomic E-state index is 0.0520. The number of ether oxygens (including phenoxy) is 2. The molecule has 0 amide bonds. The molecule has 0 aliphatic heterocycles. The first-order valence-corrected chi connectivity index (χ1v) is 21.4. The maximum absolute atomic E-state index is 11.2. The van der Waals surface area contributed by atoms with Gasteiger partial charge in [0, 0.05) is 30.3 Å². The molecule has 0 bridgehead atoms. The molecule has 7 aromatic carbocycles. The summed E-state index contributed by atoms with van der Waals surface area (Å²) in [6.45, 7) is 0.581. The second-order valence-corrected chi connectivity index (χ2v) is 15.8. The molecule has 8 heteroatoms. The molecule has 0 aromatic heterocycles. The van der Waals surface area contributed by atoms with Crippen molar-refractivity contribution in [2.45, 2.75) is 36.9 Å². The number of nitrogens with zero attached hydrogens (tertiary/aromatic N) is 4. The Morgan fingerprint density at radius 3 is 1.15 bits per heavy atom. The van der Waals surface area contributed by atoms with Crippen molar-refractivity contribution in [3.05, 3.63) is 204 Å². The number of hydrazone groups is 2. The van der Waals surface area contributed by atoms with Crippen LogP contribution in [0.4, 0.5) is 11.4 Å². The molecule has 2 aliphatic rings. The Bertz CT molecular complexity index is 2370. The second-order valence-electron chi connectivity index (χ2n) is 15.8. The molecule has 2 aliphatic carbocycles. The van der Waals surface area contributed by atoms with E-state index in [2.05, 4.69) is 97.1 Å². The van der Waals surface area contributed by atoms with Gasteiger partial charge in [-0.1, -0.05) is 140 Å². The molecule has 0 saturated carbocycles. The molecule has 0 fully saturated rings. The van der Waals surface area contributed by atoms with Crippen molar-refractivity contribution in [2.75, 3.05) is 36.3 Å². The zero-order valence-electron chi connectivity index (χ0n) is 34.5. The van der Waals surface area contributed by atoms with E-state index in [1.165, 1.54) is 44.5 Å². The first-order valence-electron chi connectivity index (χ1n) is 21.4. The van der Waals surface area contributed by atoms with Crippen LogP contribution >= 0.6 is 0 Å². The van der Waals surface area contributed by atoms with E-state index in [0.29, 0.717) is 11.5 Å². The van der Waals surface area contributed by atoms with Crippen molar-refractivity contribution in [1.82, 2.24) is 0 Å². The normalized spacial score (nSPS) is 14.0. The van der Waals surface area contributed by atoms with Crippen LogP contribution in [-0.4, -0.2) is 61.2 Å². The van der Waals surface area contributed by atoms with Gasteiger partial charge in [-0.05, 0) is 93.7 Å². The standard InChI is InChI=1S/C54H50N4O4/c59-41(35-57(39-16-3-1-4-17-39)55-32-30-53-49-26-11-7-22-45(49)46-23-8-12-27-50(46)53)37-61-43-20-15-21-44(34-43)62-38-42(60)36-58(40-18-5-2-6-19-40)56-33-31-54-51-28-13-9-24-47(51)48-25-10-14-29-52(48)54/h1-29,32-34,41-42,53-54,59-60H,30-31,35-38H2/b55-32+,56-33+. The maximum atomic E-state index is 11.2. The van der Waals surface area contributed by atoms with Crippen LogP contribution in [0.2, 0.25) is 0 Å². The van der Waals surface area contributed by atoms with Gasteiger partial charge in [0.05, 0.1) is 24.5 Å². The summed E-state index contributed by atoms with van der Waals surface area (Å²) in [5, 5.41) is 35.9. The van der Waals surface area contributed by atoms with Crippen molar-refractivity contribution in [2.24, 2.45) is 10.2 Å². The summed E-state index contributed by atoms with van der Waals surface area (Å²) in [4.78, 5) is 0. The third-order valence-corrected chi connectivity index (χ3v) is 11.6. The van der Waals surface area contributed by atoms with Crippen molar-refractivity contribution < 1.29 is 19.7 Å². The Kier molecular flexibility index (Phi) is 12.5. The van der Waals surface area contributed by atoms with Gasteiger partial charge < -0.3 is 19.7 Å². The van der Waals surface area contributed by atoms with Gasteiger partial charge in [0.1, 0.15) is 36.9 Å². The van der Waals surface area contributed by atoms with Crippen LogP contribution in [0.5, 0.6) is 11.5 Å². The molecule has 9 rings (SSSR count). The summed E-state index contributed by atoms with van der Waals surface area (Å²) < 4.78 is 12.1. The van der Waals surface area contributed by atoms with Gasteiger partial charge in [-0.3, -0.25) is 10.0 Å². The number of rotatable bonds is 18. The summed E-state index contributed by atoms with van der Waals surface area (Å²) in [7, 11) is 0. The number of benzene rings is 7. The number of aliphatic hydroxyl groups is 2. The average molecular weight is 819 g/mol. The number of hydrogen-bond donors (Lipinski definition) is 2. The summed E-state index contributed by atoms with van der Waals surface area (Å²) in [5.41, 5.74) is 12.1. The SMILES string of the molecule is OC(COc1cccc(OCC(O)CN(/N=C/CC2c3ccccc3-c3ccccc32)c2ccccc2)c1)CN(/N=C/CC1c2ccccc2-c2ccccc21)c1ccccc1. The highest BCUT2D eigenvalue weighted by Crippen LogP contribution is 2.47. The second kappa shape index (κ2) is 19.1. The lowest BCUT2D eigenvalue weighted by Gasteiger charge is -2.23. The zero-order valence-corrected chi connectivity index (χ0v) is 34.5. The molecule has 7 aromatic rings. The highest BCUT2D eigenvalue weighted by atomic mass is 16.5. The van der Waals surface area contributed by atoms with Crippen LogP contribution in [0.3, 0.4) is 0 Å². The molecule has 0 heterocycles. The Hall–Kier alpha value is -7.00. The summed E-state index contributed by atoms with van der Waals surface area (Å²) in [5.74, 6) is 1.53. The smallest absolute Gasteiger partial charge is 0.123 e. The highest BCUT2D eigenvalue weighted by molar-refractivity contribution is 5.82. The quantitative estimate of drug-likeness (QED) is 0.0662. The van der Waals surface area contributed by atoms with Crippen LogP contribution in [0.25, 0.3) is 22.3 Å². The minimum Gasteiger partial charge on any atom is -0.491 e. The van der Waals surface area contributed by atoms with Crippen LogP contribution in [-0.2, 0) is 0 Å². The lowest BCUT2D eigenvalue weighted by atomic mass is 9.94. The van der Waals surface area contributed by atoms with Crippen LogP contribution in [0.15, 0.2) is 192 Å². The first kappa shape index (κ1) is 40.4. The van der Waals surface area contributed by atoms with Crippen LogP contribution in [0, 0.1) is 0 Å². The fraction of sp³-hybridized carbons (Fsp3) is 0.185. The Morgan fingerprint density at radius 1 is 0.435 bits per heavy atom. The van der Waals surface area contributed by atoms with Crippen molar-refractivity contribution in [1.29, 1.82) is 0 Å². The highest BCUT2D eigenvalue weighted by Gasteiger charge is 2.28. The lowest BCUT2D eigenvalue weighted by Crippen LogP contribution is -2.33. The Balaban J connectivity index is 0.795. The van der Waals surface area contributed by atoms with E-state index in [1.807, 2.05) is 101 Å². The third-order valence-electron chi connectivity index (χ3n) is 11.6. The lowest BCUT2D eigenvalue weighted by molar-refractivity contribution is 0.108. The largest absolute Gasteiger partial charge is 0.491 e. The molecule has 2 unspecified atom stereocenters. The minimum atomic E-state index is -0.839. The van der Waals surface area contributed by atoms with Crippen molar-refractivity contribution in [3.8, 4) is 33.8 Å². The molecule has 8 nitrogen and oxygen atoms in total. The predicted octanol–water partition coefficient (Wildman–Crippen LogP) is 10.6. The fourth-order valence-electron chi connectivity index (χ4n) is 8.71. The number of fused-ring (bicyclic) bond motifs is 6. The van der Waals surface area contributed by atoms with Gasteiger partial charge >= 0.3 is 0 Å². The molecule has 310 valence electrons. The number of hydrogen-bond acceptors (Lipinski definition) is 8. The average Bonchev–Trinajstić information content (AvgIpc) is 3.82. The predicted molar refractivity (Wildman–Crippen MR) is 251 cm³/mol. The molecular weight excluding hydrogens is 769 g/mol. The Labute approximate surface area is 363 Å². The number of anilines is 2. The van der Waals surface area contributed by atoms with Gasteiger partial charge in [-0.25, -0.2) is 0 Å². The van der Waals surface area contributed by atoms with Gasteiger partial charge in [-0.2, -0.15) is 10.2 Å². The molecule has 0 radical (unpaired) electrons. The molecule has 2 N–H and O–H groups in total. The van der Waals surface area contributed by atoms with E-state index >= 15 is 0 Å². The van der Waals surface area contributed by atoms with E-state index < -0.39 is 12.2 Å². The summed E-state index contributed by atoms with van der Waals surface area (Å²) >= 11 is 0. The molecule has 62 heavy (non-hydrogen) atoms. The summed E-state index contributed by atoms with van der Waals surface area (Å²) in [6, 6.07) is 61.4. The van der Waals surface area contributed by atoms with Crippen molar-refractivity contribution in [3.63, 3.8) is 0 Å². The zero-order chi connectivity index (χ0) is 42.1. The number of para-hydroxylation sites is 2. The maximum Gasteiger partial charge on any atom is 0.123 e. The number of aliphatic hydroxyl groups excluding tert-OH is 2.